The molecule has 0 amide bonds. The smallest absolute Gasteiger partial charge is 0.232 e. The Labute approximate surface area is 184 Å². The molecule has 0 spiro atoms. The van der Waals surface area contributed by atoms with Gasteiger partial charge in [-0.15, -0.1) is 11.8 Å². The molecule has 31 heavy (non-hydrogen) atoms. The van der Waals surface area contributed by atoms with E-state index in [0.29, 0.717) is 45.6 Å². The van der Waals surface area contributed by atoms with Crippen molar-refractivity contribution >= 4 is 40.1 Å². The minimum atomic E-state index is -0.313. The maximum Gasteiger partial charge on any atom is 0.232 e. The first kappa shape index (κ1) is 21.3. The van der Waals surface area contributed by atoms with Crippen LogP contribution in [0.25, 0.3) is 11.0 Å². The number of aliphatic imine (C=N–C) groups is 1. The van der Waals surface area contributed by atoms with E-state index < -0.39 is 0 Å². The van der Waals surface area contributed by atoms with Crippen molar-refractivity contribution in [3.63, 3.8) is 0 Å². The number of ether oxygens (including phenoxy) is 1. The molecule has 1 fully saturated rings. The molecule has 9 heteroatoms. The van der Waals surface area contributed by atoms with E-state index in [2.05, 4.69) is 25.3 Å². The molecule has 3 heterocycles. The van der Waals surface area contributed by atoms with Gasteiger partial charge in [-0.05, 0) is 31.2 Å². The number of rotatable bonds is 4. The molecular weight excluding hydrogens is 415 g/mol. The fraction of sp³-hybridized carbons (Fsp3) is 0.364. The molecule has 2 aliphatic rings. The first-order chi connectivity index (χ1) is 15.0. The second-order valence-electron chi connectivity index (χ2n) is 7.41. The number of aromatic nitrogens is 3. The Balaban J connectivity index is 0.000000710. The largest absolute Gasteiger partial charge is 0.480 e. The molecule has 2 aromatic heterocycles. The SMILES string of the molecule is C1CC1.COc1cnc2c(Nc3ccc(F)c(C4CSC(C)C(N)=N4)c3)nccc2n1. The molecule has 1 aliphatic carbocycles. The molecule has 162 valence electrons. The highest BCUT2D eigenvalue weighted by Gasteiger charge is 2.23. The van der Waals surface area contributed by atoms with Gasteiger partial charge in [0.1, 0.15) is 17.2 Å². The summed E-state index contributed by atoms with van der Waals surface area (Å²) in [4.78, 5) is 17.5. The highest BCUT2D eigenvalue weighted by Crippen LogP contribution is 2.33. The van der Waals surface area contributed by atoms with E-state index in [0.717, 1.165) is 0 Å². The third kappa shape index (κ3) is 5.22. The second kappa shape index (κ2) is 9.47. The maximum atomic E-state index is 14.5. The van der Waals surface area contributed by atoms with Crippen LogP contribution in [0.5, 0.6) is 5.88 Å². The van der Waals surface area contributed by atoms with Crippen LogP contribution in [0.1, 0.15) is 37.8 Å². The van der Waals surface area contributed by atoms with Gasteiger partial charge in [-0.2, -0.15) is 0 Å². The minimum absolute atomic E-state index is 0.149. The van der Waals surface area contributed by atoms with Gasteiger partial charge in [0.15, 0.2) is 5.82 Å². The Morgan fingerprint density at radius 2 is 2.00 bits per heavy atom. The number of pyridine rings is 1. The number of nitrogens with two attached hydrogens (primary N) is 1. The lowest BCUT2D eigenvalue weighted by atomic mass is 10.1. The topological polar surface area (TPSA) is 98.3 Å². The van der Waals surface area contributed by atoms with Gasteiger partial charge in [-0.25, -0.2) is 19.3 Å². The zero-order valence-corrected chi connectivity index (χ0v) is 18.3. The maximum absolute atomic E-state index is 14.5. The number of thioether (sulfide) groups is 1. The van der Waals surface area contributed by atoms with E-state index in [1.54, 1.807) is 36.2 Å². The zero-order chi connectivity index (χ0) is 21.8. The van der Waals surface area contributed by atoms with Crippen molar-refractivity contribution in [1.29, 1.82) is 0 Å². The van der Waals surface area contributed by atoms with Crippen LogP contribution < -0.4 is 15.8 Å². The van der Waals surface area contributed by atoms with Crippen molar-refractivity contribution in [2.24, 2.45) is 10.7 Å². The number of amidine groups is 1. The van der Waals surface area contributed by atoms with E-state index >= 15 is 0 Å². The van der Waals surface area contributed by atoms with Gasteiger partial charge < -0.3 is 15.8 Å². The third-order valence-corrected chi connectivity index (χ3v) is 6.09. The van der Waals surface area contributed by atoms with Crippen molar-refractivity contribution in [3.8, 4) is 5.88 Å². The standard InChI is InChI=1S/C19H19FN6OS.C3H6/c1-10-18(21)26-15(9-28-10)12-7-11(3-4-13(12)20)24-19-17-14(5-6-22-19)25-16(27-2)8-23-17;1-2-3-1/h3-8,10,15H,9H2,1-2H3,(H2,21,26)(H,22,24);1-3H2. The molecule has 1 saturated carbocycles. The average Bonchev–Trinajstić information content (AvgIpc) is 3.66. The van der Waals surface area contributed by atoms with Crippen LogP contribution in [0.4, 0.5) is 15.9 Å². The monoisotopic (exact) mass is 440 g/mol. The minimum Gasteiger partial charge on any atom is -0.480 e. The molecule has 5 rings (SSSR count). The summed E-state index contributed by atoms with van der Waals surface area (Å²) in [5, 5.41) is 3.35. The Bertz CT molecular complexity index is 1100. The lowest BCUT2D eigenvalue weighted by Gasteiger charge is -2.24. The van der Waals surface area contributed by atoms with Crippen molar-refractivity contribution in [2.75, 3.05) is 18.2 Å². The number of hydrogen-bond donors (Lipinski definition) is 2. The van der Waals surface area contributed by atoms with Crippen LogP contribution in [0, 0.1) is 5.82 Å². The summed E-state index contributed by atoms with van der Waals surface area (Å²) in [6.45, 7) is 2.00. The summed E-state index contributed by atoms with van der Waals surface area (Å²) < 4.78 is 19.6. The molecule has 7 nitrogen and oxygen atoms in total. The van der Waals surface area contributed by atoms with Crippen LogP contribution in [0.3, 0.4) is 0 Å². The Hall–Kier alpha value is -2.94. The summed E-state index contributed by atoms with van der Waals surface area (Å²) in [5.74, 6) is 1.87. The summed E-state index contributed by atoms with van der Waals surface area (Å²) in [5.41, 5.74) is 8.39. The molecule has 0 radical (unpaired) electrons. The van der Waals surface area contributed by atoms with Crippen molar-refractivity contribution in [3.05, 3.63) is 48.0 Å². The molecule has 1 aliphatic heterocycles. The highest BCUT2D eigenvalue weighted by atomic mass is 32.2. The first-order valence-corrected chi connectivity index (χ1v) is 11.3. The molecule has 3 N–H and O–H groups in total. The van der Waals surface area contributed by atoms with Gasteiger partial charge in [-0.1, -0.05) is 19.3 Å². The fourth-order valence-corrected chi connectivity index (χ4v) is 3.89. The fourth-order valence-electron chi connectivity index (χ4n) is 2.93. The lowest BCUT2D eigenvalue weighted by molar-refractivity contribution is 0.397. The van der Waals surface area contributed by atoms with Crippen LogP contribution >= 0.6 is 11.8 Å². The summed E-state index contributed by atoms with van der Waals surface area (Å²) >= 11 is 1.67. The van der Waals surface area contributed by atoms with E-state index in [9.17, 15) is 4.39 Å². The average molecular weight is 441 g/mol. The van der Waals surface area contributed by atoms with Gasteiger partial charge in [-0.3, -0.25) is 4.99 Å². The predicted molar refractivity (Wildman–Crippen MR) is 124 cm³/mol. The van der Waals surface area contributed by atoms with Crippen LogP contribution in [0.15, 0.2) is 41.7 Å². The molecule has 2 atom stereocenters. The summed E-state index contributed by atoms with van der Waals surface area (Å²) in [6, 6.07) is 6.26. The second-order valence-corrected chi connectivity index (χ2v) is 8.78. The number of halogens is 1. The number of methoxy groups -OCH3 is 1. The Kier molecular flexibility index (Phi) is 6.50. The molecule has 3 aromatic rings. The number of anilines is 2. The molecular formula is C22H25FN6OS. The van der Waals surface area contributed by atoms with Crippen molar-refractivity contribution < 1.29 is 9.13 Å². The van der Waals surface area contributed by atoms with Crippen LogP contribution in [-0.2, 0) is 0 Å². The Morgan fingerprint density at radius 3 is 2.71 bits per heavy atom. The highest BCUT2D eigenvalue weighted by molar-refractivity contribution is 8.00. The van der Waals surface area contributed by atoms with Gasteiger partial charge in [0.25, 0.3) is 0 Å². The lowest BCUT2D eigenvalue weighted by Crippen LogP contribution is -2.29. The molecule has 1 aromatic carbocycles. The number of hydrogen-bond acceptors (Lipinski definition) is 8. The van der Waals surface area contributed by atoms with Crippen molar-refractivity contribution in [1.82, 2.24) is 15.0 Å². The van der Waals surface area contributed by atoms with Gasteiger partial charge in [0.2, 0.25) is 5.88 Å². The molecule has 0 saturated heterocycles. The van der Waals surface area contributed by atoms with E-state index in [1.165, 1.54) is 38.6 Å². The van der Waals surface area contributed by atoms with Gasteiger partial charge in [0.05, 0.1) is 30.1 Å². The third-order valence-electron chi connectivity index (χ3n) is 4.84. The zero-order valence-electron chi connectivity index (χ0n) is 17.5. The number of nitrogens with zero attached hydrogens (tertiary/aromatic N) is 4. The molecule has 0 bridgehead atoms. The quantitative estimate of drug-likeness (QED) is 0.611. The van der Waals surface area contributed by atoms with Gasteiger partial charge in [0, 0.05) is 23.2 Å². The summed E-state index contributed by atoms with van der Waals surface area (Å²) in [6.07, 6.45) is 7.66. The normalized spacial score (nSPS) is 19.8. The number of benzene rings is 1. The van der Waals surface area contributed by atoms with E-state index in [-0.39, 0.29) is 17.1 Å². The van der Waals surface area contributed by atoms with Crippen molar-refractivity contribution in [2.45, 2.75) is 37.5 Å². The first-order valence-electron chi connectivity index (χ1n) is 10.2. The number of nitrogens with one attached hydrogen (secondary N) is 1. The van der Waals surface area contributed by atoms with Gasteiger partial charge >= 0.3 is 0 Å². The van der Waals surface area contributed by atoms with E-state index in [1.807, 2.05) is 6.92 Å². The predicted octanol–water partition coefficient (Wildman–Crippen LogP) is 4.62. The Morgan fingerprint density at radius 1 is 1.19 bits per heavy atom. The summed E-state index contributed by atoms with van der Waals surface area (Å²) in [7, 11) is 1.54. The van der Waals surface area contributed by atoms with Crippen LogP contribution in [-0.4, -0.2) is 38.9 Å². The van der Waals surface area contributed by atoms with Crippen LogP contribution in [0.2, 0.25) is 0 Å². The van der Waals surface area contributed by atoms with E-state index in [4.69, 9.17) is 10.5 Å². The molecule has 2 unspecified atom stereocenters. The number of fused-ring (bicyclic) bond motifs is 1.